The average Bonchev–Trinajstić information content (AvgIpc) is 2.77. The Bertz CT molecular complexity index is 1210. The molecule has 154 valence electrons. The van der Waals surface area contributed by atoms with Crippen molar-refractivity contribution >= 4 is 28.3 Å². The lowest BCUT2D eigenvalue weighted by Crippen LogP contribution is -2.38. The lowest BCUT2D eigenvalue weighted by Gasteiger charge is -2.30. The van der Waals surface area contributed by atoms with Crippen LogP contribution >= 0.6 is 0 Å². The molecule has 7 nitrogen and oxygen atoms in total. The highest BCUT2D eigenvalue weighted by molar-refractivity contribution is 6.13. The molecule has 0 radical (unpaired) electrons. The maximum Gasteiger partial charge on any atom is 0.338 e. The highest BCUT2D eigenvalue weighted by Crippen LogP contribution is 2.32. The molecule has 2 aromatic carbocycles. The van der Waals surface area contributed by atoms with Gasteiger partial charge in [-0.15, -0.1) is 0 Å². The fraction of sp³-hybridized carbons (Fsp3) is 0.304. The predicted molar refractivity (Wildman–Crippen MR) is 114 cm³/mol. The quantitative estimate of drug-likeness (QED) is 0.624. The Balaban J connectivity index is 1.89. The van der Waals surface area contributed by atoms with E-state index in [1.807, 2.05) is 19.9 Å². The van der Waals surface area contributed by atoms with Crippen molar-refractivity contribution in [3.8, 4) is 0 Å². The van der Waals surface area contributed by atoms with Gasteiger partial charge in [-0.2, -0.15) is 5.10 Å². The fourth-order valence-corrected chi connectivity index (χ4v) is 3.98. The number of nitrogens with zero attached hydrogens (tertiary/aromatic N) is 3. The molecule has 1 aliphatic rings. The van der Waals surface area contributed by atoms with E-state index in [2.05, 4.69) is 5.10 Å². The molecular formula is C23H23N3O4. The highest BCUT2D eigenvalue weighted by atomic mass is 16.5. The van der Waals surface area contributed by atoms with Crippen LogP contribution in [0.3, 0.4) is 0 Å². The molecule has 1 aromatic heterocycles. The summed E-state index contributed by atoms with van der Waals surface area (Å²) in [6, 6.07) is 12.1. The van der Waals surface area contributed by atoms with Gasteiger partial charge in [0.1, 0.15) is 0 Å². The second-order valence-corrected chi connectivity index (χ2v) is 7.59. The van der Waals surface area contributed by atoms with Crippen LogP contribution in [0.25, 0.3) is 10.8 Å². The molecule has 1 aliphatic heterocycles. The van der Waals surface area contributed by atoms with Crippen molar-refractivity contribution in [2.45, 2.75) is 32.7 Å². The van der Waals surface area contributed by atoms with Crippen molar-refractivity contribution in [2.75, 3.05) is 18.6 Å². The number of benzene rings is 2. The van der Waals surface area contributed by atoms with Crippen molar-refractivity contribution < 1.29 is 14.3 Å². The minimum absolute atomic E-state index is 0.187. The van der Waals surface area contributed by atoms with Crippen LogP contribution in [0, 0.1) is 0 Å². The average molecular weight is 405 g/mol. The Morgan fingerprint density at radius 1 is 1.07 bits per heavy atom. The summed E-state index contributed by atoms with van der Waals surface area (Å²) in [7, 11) is 1.35. The Hall–Kier alpha value is -3.48. The van der Waals surface area contributed by atoms with E-state index in [1.165, 1.54) is 11.8 Å². The van der Waals surface area contributed by atoms with Gasteiger partial charge in [-0.05, 0) is 50.5 Å². The maximum absolute atomic E-state index is 13.6. The third kappa shape index (κ3) is 3.16. The molecule has 30 heavy (non-hydrogen) atoms. The number of esters is 1. The van der Waals surface area contributed by atoms with E-state index in [4.69, 9.17) is 4.74 Å². The number of carbonyl (C=O) groups is 2. The second kappa shape index (κ2) is 7.74. The topological polar surface area (TPSA) is 81.5 Å². The van der Waals surface area contributed by atoms with Crippen LogP contribution in [-0.4, -0.2) is 35.3 Å². The largest absolute Gasteiger partial charge is 0.465 e. The summed E-state index contributed by atoms with van der Waals surface area (Å²) >= 11 is 0. The van der Waals surface area contributed by atoms with E-state index in [-0.39, 0.29) is 23.2 Å². The number of hydrogen-bond acceptors (Lipinski definition) is 5. The number of hydrogen-bond donors (Lipinski definition) is 0. The number of amides is 1. The van der Waals surface area contributed by atoms with Gasteiger partial charge in [-0.1, -0.05) is 24.3 Å². The molecule has 0 N–H and O–H groups in total. The molecule has 0 atom stereocenters. The van der Waals surface area contributed by atoms with E-state index in [9.17, 15) is 14.4 Å². The van der Waals surface area contributed by atoms with Gasteiger partial charge in [0.25, 0.3) is 11.5 Å². The molecule has 3 aromatic rings. The van der Waals surface area contributed by atoms with E-state index in [0.29, 0.717) is 41.4 Å². The van der Waals surface area contributed by atoms with Gasteiger partial charge in [0.05, 0.1) is 24.1 Å². The van der Waals surface area contributed by atoms with Crippen LogP contribution in [0.1, 0.15) is 52.7 Å². The molecular weight excluding hydrogens is 382 g/mol. The van der Waals surface area contributed by atoms with E-state index in [1.54, 1.807) is 41.3 Å². The summed E-state index contributed by atoms with van der Waals surface area (Å²) in [6.07, 6.45) is 1.40. The Kier molecular flexibility index (Phi) is 5.11. The van der Waals surface area contributed by atoms with Crippen molar-refractivity contribution in [1.82, 2.24) is 9.78 Å². The van der Waals surface area contributed by atoms with Gasteiger partial charge in [-0.25, -0.2) is 9.48 Å². The minimum atomic E-state index is -0.418. The van der Waals surface area contributed by atoms with Gasteiger partial charge in [0.15, 0.2) is 5.69 Å². The SMILES string of the molecule is COC(=O)c1cccc2c1CCCN2C(=O)c1nn(C(C)C)c(=O)c2ccccc12. The first-order valence-corrected chi connectivity index (χ1v) is 9.97. The Labute approximate surface area is 173 Å². The molecule has 2 heterocycles. The van der Waals surface area contributed by atoms with Crippen molar-refractivity contribution in [3.63, 3.8) is 0 Å². The van der Waals surface area contributed by atoms with Crippen molar-refractivity contribution in [2.24, 2.45) is 0 Å². The normalized spacial score (nSPS) is 13.4. The Morgan fingerprint density at radius 2 is 1.80 bits per heavy atom. The molecule has 0 bridgehead atoms. The van der Waals surface area contributed by atoms with Gasteiger partial charge in [0, 0.05) is 17.6 Å². The fourth-order valence-electron chi connectivity index (χ4n) is 3.98. The van der Waals surface area contributed by atoms with Crippen LogP contribution < -0.4 is 10.5 Å². The second-order valence-electron chi connectivity index (χ2n) is 7.59. The number of methoxy groups -OCH3 is 1. The zero-order valence-corrected chi connectivity index (χ0v) is 17.2. The minimum Gasteiger partial charge on any atom is -0.465 e. The number of ether oxygens (including phenoxy) is 1. The standard InChI is InChI=1S/C23H23N3O4/c1-14(2)26-21(27)17-9-5-4-8-16(17)20(24-26)22(28)25-13-7-11-15-18(23(29)30-3)10-6-12-19(15)25/h4-6,8-10,12,14H,7,11,13H2,1-3H3. The number of aromatic nitrogens is 2. The summed E-state index contributed by atoms with van der Waals surface area (Å²) in [5.41, 5.74) is 1.96. The van der Waals surface area contributed by atoms with Crippen molar-refractivity contribution in [3.05, 3.63) is 69.6 Å². The smallest absolute Gasteiger partial charge is 0.338 e. The first-order valence-electron chi connectivity index (χ1n) is 9.97. The molecule has 1 amide bonds. The molecule has 0 fully saturated rings. The van der Waals surface area contributed by atoms with Crippen LogP contribution in [-0.2, 0) is 11.2 Å². The number of rotatable bonds is 3. The van der Waals surface area contributed by atoms with Crippen LogP contribution in [0.4, 0.5) is 5.69 Å². The first-order chi connectivity index (χ1) is 14.4. The van der Waals surface area contributed by atoms with Crippen molar-refractivity contribution in [1.29, 1.82) is 0 Å². The van der Waals surface area contributed by atoms with Gasteiger partial charge in [0.2, 0.25) is 0 Å². The number of fused-ring (bicyclic) bond motifs is 2. The molecule has 0 aliphatic carbocycles. The maximum atomic E-state index is 13.6. The van der Waals surface area contributed by atoms with E-state index >= 15 is 0 Å². The molecule has 0 saturated carbocycles. The summed E-state index contributed by atoms with van der Waals surface area (Å²) in [5, 5.41) is 5.43. The van der Waals surface area contributed by atoms with Gasteiger partial charge in [-0.3, -0.25) is 9.59 Å². The molecule has 0 spiro atoms. The summed E-state index contributed by atoms with van der Waals surface area (Å²) in [4.78, 5) is 40.3. The summed E-state index contributed by atoms with van der Waals surface area (Å²) < 4.78 is 6.26. The highest BCUT2D eigenvalue weighted by Gasteiger charge is 2.29. The van der Waals surface area contributed by atoms with Crippen LogP contribution in [0.2, 0.25) is 0 Å². The lowest BCUT2D eigenvalue weighted by molar-refractivity contribution is 0.0599. The number of carbonyl (C=O) groups excluding carboxylic acids is 2. The Morgan fingerprint density at radius 3 is 2.50 bits per heavy atom. The first kappa shape index (κ1) is 19.8. The third-order valence-electron chi connectivity index (χ3n) is 5.42. The third-order valence-corrected chi connectivity index (χ3v) is 5.42. The monoisotopic (exact) mass is 405 g/mol. The van der Waals surface area contributed by atoms with Gasteiger partial charge >= 0.3 is 5.97 Å². The summed E-state index contributed by atoms with van der Waals surface area (Å²) in [5.74, 6) is -0.707. The summed E-state index contributed by atoms with van der Waals surface area (Å²) in [6.45, 7) is 4.22. The molecule has 0 unspecified atom stereocenters. The van der Waals surface area contributed by atoms with E-state index in [0.717, 1.165) is 5.56 Å². The predicted octanol–water partition coefficient (Wildman–Crippen LogP) is 3.36. The molecule has 7 heteroatoms. The van der Waals surface area contributed by atoms with Gasteiger partial charge < -0.3 is 9.64 Å². The number of anilines is 1. The lowest BCUT2D eigenvalue weighted by atomic mass is 9.95. The van der Waals surface area contributed by atoms with Crippen LogP contribution in [0.5, 0.6) is 0 Å². The van der Waals surface area contributed by atoms with Crippen LogP contribution in [0.15, 0.2) is 47.3 Å². The van der Waals surface area contributed by atoms with E-state index < -0.39 is 5.97 Å². The zero-order chi connectivity index (χ0) is 21.4. The zero-order valence-electron chi connectivity index (χ0n) is 17.2. The molecule has 0 saturated heterocycles. The molecule has 4 rings (SSSR count).